The zero-order chi connectivity index (χ0) is 22.7. The number of anilines is 1. The first-order chi connectivity index (χ1) is 15.3. The molecule has 4 rings (SSSR count). The average Bonchev–Trinajstić information content (AvgIpc) is 3.21. The molecule has 2 aromatic heterocycles. The van der Waals surface area contributed by atoms with Crippen molar-refractivity contribution in [3.05, 3.63) is 75.7 Å². The lowest BCUT2D eigenvalue weighted by Crippen LogP contribution is -2.41. The number of nitrogens with zero attached hydrogens (tertiary/aromatic N) is 1. The van der Waals surface area contributed by atoms with Crippen LogP contribution in [0.2, 0.25) is 0 Å². The van der Waals surface area contributed by atoms with Crippen LogP contribution in [0.4, 0.5) is 5.69 Å². The first-order valence-corrected chi connectivity index (χ1v) is 12.4. The summed E-state index contributed by atoms with van der Waals surface area (Å²) < 4.78 is 27.4. The zero-order valence-corrected chi connectivity index (χ0v) is 18.9. The predicted molar refractivity (Wildman–Crippen MR) is 122 cm³/mol. The Kier molecular flexibility index (Phi) is 6.24. The fourth-order valence-corrected chi connectivity index (χ4v) is 5.65. The molecule has 10 heteroatoms. The normalized spacial score (nSPS) is 15.5. The molecular formula is C22H22N4O4S2. The van der Waals surface area contributed by atoms with Gasteiger partial charge in [-0.2, -0.15) is 0 Å². The smallest absolute Gasteiger partial charge is 0.279 e. The number of amides is 2. The van der Waals surface area contributed by atoms with Crippen molar-refractivity contribution in [3.8, 4) is 0 Å². The molecule has 0 saturated carbocycles. The number of benzene rings is 1. The Morgan fingerprint density at radius 1 is 1.03 bits per heavy atom. The number of rotatable bonds is 5. The third-order valence-electron chi connectivity index (χ3n) is 5.20. The highest BCUT2D eigenvalue weighted by Crippen LogP contribution is 2.32. The maximum Gasteiger partial charge on any atom is 0.279 e. The number of aromatic nitrogens is 1. The summed E-state index contributed by atoms with van der Waals surface area (Å²) in [7, 11) is -3.80. The van der Waals surface area contributed by atoms with Crippen molar-refractivity contribution in [2.75, 3.05) is 4.72 Å². The summed E-state index contributed by atoms with van der Waals surface area (Å²) in [6, 6.07) is 10.4. The second kappa shape index (κ2) is 9.09. The summed E-state index contributed by atoms with van der Waals surface area (Å²) in [6.07, 6.45) is 6.02. The molecule has 0 aliphatic heterocycles. The molecule has 0 saturated heterocycles. The topological polar surface area (TPSA) is 117 Å². The molecule has 0 fully saturated rings. The minimum atomic E-state index is -3.80. The molecule has 1 atom stereocenters. The van der Waals surface area contributed by atoms with Crippen molar-refractivity contribution >= 4 is 38.9 Å². The van der Waals surface area contributed by atoms with Gasteiger partial charge in [-0.15, -0.1) is 11.3 Å². The van der Waals surface area contributed by atoms with E-state index in [0.29, 0.717) is 16.5 Å². The number of nitrogens with one attached hydrogen (secondary N) is 3. The summed E-state index contributed by atoms with van der Waals surface area (Å²) >= 11 is 1.46. The van der Waals surface area contributed by atoms with Gasteiger partial charge in [-0.05, 0) is 73.2 Å². The Labute approximate surface area is 190 Å². The second-order valence-corrected chi connectivity index (χ2v) is 10.5. The van der Waals surface area contributed by atoms with Crippen LogP contribution in [0, 0.1) is 5.92 Å². The molecule has 1 aliphatic carbocycles. The Balaban J connectivity index is 1.36. The van der Waals surface area contributed by atoms with Crippen LogP contribution in [0.3, 0.4) is 0 Å². The highest BCUT2D eigenvalue weighted by atomic mass is 32.2. The van der Waals surface area contributed by atoms with E-state index >= 15 is 0 Å². The van der Waals surface area contributed by atoms with Gasteiger partial charge in [0.2, 0.25) is 0 Å². The molecule has 166 valence electrons. The Morgan fingerprint density at radius 2 is 1.72 bits per heavy atom. The maximum atomic E-state index is 12.5. The average molecular weight is 471 g/mol. The van der Waals surface area contributed by atoms with E-state index in [1.165, 1.54) is 70.6 Å². The van der Waals surface area contributed by atoms with E-state index in [1.54, 1.807) is 0 Å². The van der Waals surface area contributed by atoms with Gasteiger partial charge in [0, 0.05) is 22.8 Å². The van der Waals surface area contributed by atoms with E-state index in [-0.39, 0.29) is 16.4 Å². The van der Waals surface area contributed by atoms with Crippen LogP contribution in [0.15, 0.2) is 59.8 Å². The first kappa shape index (κ1) is 22.0. The lowest BCUT2D eigenvalue weighted by atomic mass is 9.90. The minimum Gasteiger partial charge on any atom is -0.280 e. The Bertz CT molecular complexity index is 1240. The minimum absolute atomic E-state index is 0.00768. The van der Waals surface area contributed by atoms with Gasteiger partial charge in [-0.1, -0.05) is 6.92 Å². The number of pyridine rings is 1. The quantitative estimate of drug-likeness (QED) is 0.495. The van der Waals surface area contributed by atoms with Crippen LogP contribution in [0.1, 0.15) is 43.8 Å². The van der Waals surface area contributed by atoms with E-state index in [1.807, 2.05) is 6.07 Å². The second-order valence-electron chi connectivity index (χ2n) is 7.68. The van der Waals surface area contributed by atoms with Gasteiger partial charge in [-0.3, -0.25) is 30.1 Å². The lowest BCUT2D eigenvalue weighted by Gasteiger charge is -2.16. The van der Waals surface area contributed by atoms with Crippen molar-refractivity contribution < 1.29 is 18.0 Å². The van der Waals surface area contributed by atoms with Crippen LogP contribution < -0.4 is 15.6 Å². The highest BCUT2D eigenvalue weighted by molar-refractivity contribution is 7.92. The molecule has 2 amide bonds. The number of fused-ring (bicyclic) bond motifs is 1. The molecule has 3 N–H and O–H groups in total. The summed E-state index contributed by atoms with van der Waals surface area (Å²) in [4.78, 5) is 30.5. The van der Waals surface area contributed by atoms with E-state index in [2.05, 4.69) is 27.5 Å². The van der Waals surface area contributed by atoms with Gasteiger partial charge in [0.25, 0.3) is 21.8 Å². The van der Waals surface area contributed by atoms with Gasteiger partial charge in [-0.25, -0.2) is 8.42 Å². The third kappa shape index (κ3) is 4.97. The van der Waals surface area contributed by atoms with Crippen molar-refractivity contribution in [2.45, 2.75) is 31.1 Å². The number of aryl methyl sites for hydroxylation is 1. The van der Waals surface area contributed by atoms with Crippen molar-refractivity contribution in [1.29, 1.82) is 0 Å². The molecule has 1 aromatic carbocycles. The lowest BCUT2D eigenvalue weighted by molar-refractivity contribution is 0.0849. The molecule has 8 nitrogen and oxygen atoms in total. The number of hydrogen-bond acceptors (Lipinski definition) is 6. The fourth-order valence-electron chi connectivity index (χ4n) is 3.48. The zero-order valence-electron chi connectivity index (χ0n) is 17.3. The van der Waals surface area contributed by atoms with Gasteiger partial charge >= 0.3 is 0 Å². The van der Waals surface area contributed by atoms with Crippen LogP contribution in [-0.4, -0.2) is 25.2 Å². The predicted octanol–water partition coefficient (Wildman–Crippen LogP) is 3.14. The number of carbonyl (C=O) groups is 2. The van der Waals surface area contributed by atoms with Crippen molar-refractivity contribution in [2.24, 2.45) is 5.92 Å². The maximum absolute atomic E-state index is 12.5. The fraction of sp³-hybridized carbons (Fsp3) is 0.227. The molecule has 3 aromatic rings. The number of hydrazine groups is 1. The standard InChI is InChI=1S/C22H22N4O4S2/c1-14-2-7-19-16(12-14)13-20(31-19)22(28)25-24-21(27)15-3-5-18(6-4-15)32(29,30)26-17-8-10-23-11-9-17/h3-6,8-11,13-14H,2,7,12H2,1H3,(H,23,26)(H,24,27)(H,25,28). The Morgan fingerprint density at radius 3 is 2.44 bits per heavy atom. The van der Waals surface area contributed by atoms with E-state index in [9.17, 15) is 18.0 Å². The summed E-state index contributed by atoms with van der Waals surface area (Å²) in [5.41, 5.74) is 6.62. The van der Waals surface area contributed by atoms with Crippen LogP contribution in [-0.2, 0) is 22.9 Å². The molecule has 0 radical (unpaired) electrons. The summed E-state index contributed by atoms with van der Waals surface area (Å²) in [6.45, 7) is 2.20. The van der Waals surface area contributed by atoms with Gasteiger partial charge in [0.15, 0.2) is 0 Å². The molecule has 0 spiro atoms. The first-order valence-electron chi connectivity index (χ1n) is 10.1. The van der Waals surface area contributed by atoms with Gasteiger partial charge in [0.1, 0.15) is 0 Å². The highest BCUT2D eigenvalue weighted by Gasteiger charge is 2.21. The monoisotopic (exact) mass is 470 g/mol. The molecule has 2 heterocycles. The van der Waals surface area contributed by atoms with Crippen molar-refractivity contribution in [3.63, 3.8) is 0 Å². The number of sulfonamides is 1. The van der Waals surface area contributed by atoms with E-state index < -0.39 is 15.9 Å². The number of hydrogen-bond donors (Lipinski definition) is 3. The molecular weight excluding hydrogens is 448 g/mol. The van der Waals surface area contributed by atoms with Gasteiger partial charge in [0.05, 0.1) is 15.5 Å². The van der Waals surface area contributed by atoms with Crippen molar-refractivity contribution in [1.82, 2.24) is 15.8 Å². The Hall–Kier alpha value is -3.24. The molecule has 1 aliphatic rings. The SMILES string of the molecule is CC1CCc2sc(C(=O)NNC(=O)c3ccc(S(=O)(=O)Nc4ccncc4)cc3)cc2C1. The molecule has 32 heavy (non-hydrogen) atoms. The van der Waals surface area contributed by atoms with Gasteiger partial charge < -0.3 is 0 Å². The number of thiophene rings is 1. The third-order valence-corrected chi connectivity index (χ3v) is 7.83. The summed E-state index contributed by atoms with van der Waals surface area (Å²) in [5, 5.41) is 0. The number of carbonyl (C=O) groups excluding carboxylic acids is 2. The van der Waals surface area contributed by atoms with Crippen LogP contribution in [0.5, 0.6) is 0 Å². The van der Waals surface area contributed by atoms with Crippen LogP contribution in [0.25, 0.3) is 0 Å². The largest absolute Gasteiger partial charge is 0.280 e. The van der Waals surface area contributed by atoms with Crippen LogP contribution >= 0.6 is 11.3 Å². The van der Waals surface area contributed by atoms with E-state index in [4.69, 9.17) is 0 Å². The summed E-state index contributed by atoms with van der Waals surface area (Å²) in [5.74, 6) is -0.301. The molecule has 1 unspecified atom stereocenters. The molecule has 0 bridgehead atoms. The van der Waals surface area contributed by atoms with E-state index in [0.717, 1.165) is 19.3 Å².